The van der Waals surface area contributed by atoms with Crippen molar-refractivity contribution < 1.29 is 14.3 Å². The Balaban J connectivity index is 1.67. The molecule has 27 heavy (non-hydrogen) atoms. The number of rotatable bonds is 4. The lowest BCUT2D eigenvalue weighted by Crippen LogP contribution is -2.47. The maximum atomic E-state index is 12.4. The Morgan fingerprint density at radius 3 is 2.37 bits per heavy atom. The molecule has 2 aromatic rings. The average molecular weight is 366 g/mol. The van der Waals surface area contributed by atoms with Gasteiger partial charge in [-0.2, -0.15) is 0 Å². The van der Waals surface area contributed by atoms with Crippen molar-refractivity contribution in [3.63, 3.8) is 0 Å². The first-order chi connectivity index (χ1) is 13.0. The molecule has 0 spiro atoms. The number of carbonyl (C=O) groups is 2. The van der Waals surface area contributed by atoms with Gasteiger partial charge in [-0.05, 0) is 49.4 Å². The molecule has 1 heterocycles. The molecule has 5 heteroatoms. The van der Waals surface area contributed by atoms with Crippen LogP contribution >= 0.6 is 0 Å². The van der Waals surface area contributed by atoms with Crippen LogP contribution < -0.4 is 10.6 Å². The zero-order valence-electron chi connectivity index (χ0n) is 15.9. The summed E-state index contributed by atoms with van der Waals surface area (Å²) in [4.78, 5) is 24.7. The Morgan fingerprint density at radius 2 is 1.67 bits per heavy atom. The van der Waals surface area contributed by atoms with Gasteiger partial charge in [0.25, 0.3) is 0 Å². The van der Waals surface area contributed by atoms with Crippen LogP contribution in [0.1, 0.15) is 29.5 Å². The van der Waals surface area contributed by atoms with Gasteiger partial charge < -0.3 is 15.4 Å². The number of hydrogen-bond donors (Lipinski definition) is 2. The predicted octanol–water partition coefficient (Wildman–Crippen LogP) is 3.11. The van der Waals surface area contributed by atoms with Gasteiger partial charge in [0.15, 0.2) is 0 Å². The highest BCUT2D eigenvalue weighted by atomic mass is 16.5. The Hall–Kier alpha value is -2.66. The van der Waals surface area contributed by atoms with Crippen LogP contribution in [-0.4, -0.2) is 31.6 Å². The second-order valence-corrected chi connectivity index (χ2v) is 7.14. The van der Waals surface area contributed by atoms with Gasteiger partial charge in [0, 0.05) is 30.9 Å². The fourth-order valence-corrected chi connectivity index (χ4v) is 3.52. The Kier molecular flexibility index (Phi) is 5.91. The van der Waals surface area contributed by atoms with Crippen molar-refractivity contribution in [2.24, 2.45) is 0 Å². The van der Waals surface area contributed by atoms with Crippen LogP contribution in [0.25, 0.3) is 0 Å². The van der Waals surface area contributed by atoms with E-state index in [0.717, 1.165) is 24.0 Å². The lowest BCUT2D eigenvalue weighted by molar-refractivity contribution is -0.136. The number of benzene rings is 2. The molecule has 1 aliphatic rings. The first-order valence-corrected chi connectivity index (χ1v) is 9.30. The van der Waals surface area contributed by atoms with E-state index >= 15 is 0 Å². The SMILES string of the molecule is Cc1cccc(NC(=O)C(=O)NCC2(c3ccccc3)CCOCC2)c1C. The maximum absolute atomic E-state index is 12.4. The summed E-state index contributed by atoms with van der Waals surface area (Å²) in [6.07, 6.45) is 1.63. The van der Waals surface area contributed by atoms with Crippen molar-refractivity contribution in [1.82, 2.24) is 5.32 Å². The topological polar surface area (TPSA) is 67.4 Å². The highest BCUT2D eigenvalue weighted by Crippen LogP contribution is 2.34. The second-order valence-electron chi connectivity index (χ2n) is 7.14. The Bertz CT molecular complexity index is 812. The van der Waals surface area contributed by atoms with Gasteiger partial charge in [-0.3, -0.25) is 9.59 Å². The molecule has 2 amide bonds. The number of anilines is 1. The van der Waals surface area contributed by atoms with Crippen molar-refractivity contribution in [3.05, 3.63) is 65.2 Å². The van der Waals surface area contributed by atoms with Crippen LogP contribution in [0, 0.1) is 13.8 Å². The van der Waals surface area contributed by atoms with Gasteiger partial charge in [-0.1, -0.05) is 42.5 Å². The Labute approximate surface area is 160 Å². The highest BCUT2D eigenvalue weighted by Gasteiger charge is 2.35. The highest BCUT2D eigenvalue weighted by molar-refractivity contribution is 6.39. The molecule has 0 aromatic heterocycles. The van der Waals surface area contributed by atoms with E-state index < -0.39 is 11.8 Å². The van der Waals surface area contributed by atoms with Crippen molar-refractivity contribution in [1.29, 1.82) is 0 Å². The maximum Gasteiger partial charge on any atom is 0.313 e. The number of nitrogens with one attached hydrogen (secondary N) is 2. The average Bonchev–Trinajstić information content (AvgIpc) is 2.71. The third-order valence-electron chi connectivity index (χ3n) is 5.48. The number of carbonyl (C=O) groups excluding carboxylic acids is 2. The third-order valence-corrected chi connectivity index (χ3v) is 5.48. The molecule has 2 aromatic carbocycles. The van der Waals surface area contributed by atoms with Crippen LogP contribution in [0.2, 0.25) is 0 Å². The molecule has 0 saturated carbocycles. The molecule has 2 N–H and O–H groups in total. The zero-order chi connectivity index (χ0) is 19.3. The molecule has 5 nitrogen and oxygen atoms in total. The van der Waals surface area contributed by atoms with Crippen LogP contribution in [-0.2, 0) is 19.7 Å². The molecule has 0 unspecified atom stereocenters. The molecule has 0 atom stereocenters. The molecule has 1 aliphatic heterocycles. The number of amides is 2. The van der Waals surface area contributed by atoms with Gasteiger partial charge in [0.2, 0.25) is 0 Å². The minimum Gasteiger partial charge on any atom is -0.381 e. The normalized spacial score (nSPS) is 15.8. The van der Waals surface area contributed by atoms with Crippen LogP contribution in [0.4, 0.5) is 5.69 Å². The minimum atomic E-state index is -0.640. The van der Waals surface area contributed by atoms with E-state index in [1.807, 2.05) is 44.2 Å². The van der Waals surface area contributed by atoms with Crippen LogP contribution in [0.5, 0.6) is 0 Å². The van der Waals surface area contributed by atoms with Crippen LogP contribution in [0.3, 0.4) is 0 Å². The molecule has 0 aliphatic carbocycles. The van der Waals surface area contributed by atoms with E-state index in [-0.39, 0.29) is 5.41 Å². The fraction of sp³-hybridized carbons (Fsp3) is 0.364. The smallest absolute Gasteiger partial charge is 0.313 e. The third kappa shape index (κ3) is 4.37. The van der Waals surface area contributed by atoms with Crippen LogP contribution in [0.15, 0.2) is 48.5 Å². The molecular weight excluding hydrogens is 340 g/mol. The largest absolute Gasteiger partial charge is 0.381 e. The molecule has 1 fully saturated rings. The lowest BCUT2D eigenvalue weighted by Gasteiger charge is -2.37. The molecule has 0 bridgehead atoms. The summed E-state index contributed by atoms with van der Waals surface area (Å²) in [5.41, 5.74) is 3.67. The molecular formula is C22H26N2O3. The van der Waals surface area contributed by atoms with E-state index in [2.05, 4.69) is 22.8 Å². The van der Waals surface area contributed by atoms with E-state index in [1.54, 1.807) is 6.07 Å². The van der Waals surface area contributed by atoms with E-state index in [9.17, 15) is 9.59 Å². The summed E-state index contributed by atoms with van der Waals surface area (Å²) >= 11 is 0. The van der Waals surface area contributed by atoms with Crippen molar-refractivity contribution in [3.8, 4) is 0 Å². The van der Waals surface area contributed by atoms with Crippen molar-refractivity contribution >= 4 is 17.5 Å². The van der Waals surface area contributed by atoms with Gasteiger partial charge in [-0.15, -0.1) is 0 Å². The zero-order valence-corrected chi connectivity index (χ0v) is 15.9. The monoisotopic (exact) mass is 366 g/mol. The summed E-state index contributed by atoms with van der Waals surface area (Å²) < 4.78 is 5.51. The Morgan fingerprint density at radius 1 is 0.963 bits per heavy atom. The molecule has 1 saturated heterocycles. The molecule has 142 valence electrons. The fourth-order valence-electron chi connectivity index (χ4n) is 3.52. The standard InChI is InChI=1S/C22H26N2O3/c1-16-7-6-10-19(17(16)2)24-21(26)20(25)23-15-22(11-13-27-14-12-22)18-8-4-3-5-9-18/h3-10H,11-15H2,1-2H3,(H,23,25)(H,24,26). The number of hydrogen-bond acceptors (Lipinski definition) is 3. The molecule has 3 rings (SSSR count). The first kappa shape index (κ1) is 19.1. The van der Waals surface area contributed by atoms with E-state index in [0.29, 0.717) is 25.4 Å². The first-order valence-electron chi connectivity index (χ1n) is 9.30. The summed E-state index contributed by atoms with van der Waals surface area (Å²) in [5, 5.41) is 5.55. The lowest BCUT2D eigenvalue weighted by atomic mass is 9.74. The summed E-state index contributed by atoms with van der Waals surface area (Å²) in [6.45, 7) is 5.62. The van der Waals surface area contributed by atoms with E-state index in [1.165, 1.54) is 5.56 Å². The number of aryl methyl sites for hydroxylation is 1. The van der Waals surface area contributed by atoms with E-state index in [4.69, 9.17) is 4.74 Å². The predicted molar refractivity (Wildman–Crippen MR) is 106 cm³/mol. The van der Waals surface area contributed by atoms with Gasteiger partial charge in [0.1, 0.15) is 0 Å². The molecule has 0 radical (unpaired) electrons. The summed E-state index contributed by atoms with van der Waals surface area (Å²) in [5.74, 6) is -1.25. The quantitative estimate of drug-likeness (QED) is 0.817. The van der Waals surface area contributed by atoms with Gasteiger partial charge in [-0.25, -0.2) is 0 Å². The summed E-state index contributed by atoms with van der Waals surface area (Å²) in [7, 11) is 0. The van der Waals surface area contributed by atoms with Crippen molar-refractivity contribution in [2.75, 3.05) is 25.1 Å². The second kappa shape index (κ2) is 8.35. The van der Waals surface area contributed by atoms with Gasteiger partial charge >= 0.3 is 11.8 Å². The van der Waals surface area contributed by atoms with Crippen molar-refractivity contribution in [2.45, 2.75) is 32.1 Å². The van der Waals surface area contributed by atoms with Gasteiger partial charge in [0.05, 0.1) is 0 Å². The minimum absolute atomic E-state index is 0.200. The number of ether oxygens (including phenoxy) is 1. The summed E-state index contributed by atoms with van der Waals surface area (Å²) in [6, 6.07) is 15.8.